The van der Waals surface area contributed by atoms with Crippen molar-refractivity contribution in [3.05, 3.63) is 11.6 Å². The molecule has 250 valence electrons. The number of aliphatic hydroxyl groups is 2. The molecule has 1 saturated carbocycles. The number of carbonyl (C=O) groups excluding carboxylic acids is 3. The number of nitrogens with two attached hydrogens (primary N) is 1. The molecule has 1 aliphatic carbocycles. The largest absolute Gasteiger partial charge is 0.390 e. The van der Waals surface area contributed by atoms with Gasteiger partial charge in [-0.3, -0.25) is 24.0 Å². The van der Waals surface area contributed by atoms with Crippen molar-refractivity contribution in [2.24, 2.45) is 17.6 Å². The van der Waals surface area contributed by atoms with Crippen molar-refractivity contribution in [1.82, 2.24) is 20.4 Å². The molecule has 8 atom stereocenters. The predicted octanol–water partition coefficient (Wildman–Crippen LogP) is -0.506. The Morgan fingerprint density at radius 2 is 1.93 bits per heavy atom. The summed E-state index contributed by atoms with van der Waals surface area (Å²) in [5, 5.41) is 44.8. The number of nitrogens with one attached hydrogen (secondary N) is 3. The number of nitrogens with zero attached hydrogens (tertiary/aromatic N) is 2. The normalized spacial score (nSPS) is 27.0. The van der Waals surface area contributed by atoms with Crippen molar-refractivity contribution in [2.45, 2.75) is 81.3 Å². The van der Waals surface area contributed by atoms with E-state index < -0.39 is 59.5 Å². The molecule has 44 heavy (non-hydrogen) atoms. The Bertz CT molecular complexity index is 1060. The molecule has 2 heterocycles. The molecule has 2 aliphatic heterocycles. The van der Waals surface area contributed by atoms with Gasteiger partial charge in [-0.2, -0.15) is 0 Å². The number of carbonyl (C=O) groups is 3. The van der Waals surface area contributed by atoms with Gasteiger partial charge in [0.05, 0.1) is 24.2 Å². The van der Waals surface area contributed by atoms with E-state index in [0.29, 0.717) is 26.1 Å². The topological polar surface area (TPSA) is 229 Å². The van der Waals surface area contributed by atoms with Crippen LogP contribution in [0.15, 0.2) is 11.6 Å². The van der Waals surface area contributed by atoms with Crippen molar-refractivity contribution < 1.29 is 48.1 Å². The van der Waals surface area contributed by atoms with Gasteiger partial charge in [-0.15, -0.1) is 15.9 Å². The molecule has 0 aromatic heterocycles. The zero-order valence-corrected chi connectivity index (χ0v) is 26.5. The zero-order valence-electron chi connectivity index (χ0n) is 24.9. The van der Waals surface area contributed by atoms with Crippen LogP contribution >= 0.6 is 23.9 Å². The van der Waals surface area contributed by atoms with E-state index in [9.17, 15) is 24.6 Å². The number of guanidine groups is 1. The number of amides is 3. The maximum atomic E-state index is 14.3. The van der Waals surface area contributed by atoms with Crippen molar-refractivity contribution in [3.63, 3.8) is 0 Å². The minimum atomic E-state index is -1.27. The number of aliphatic hydroxyl groups excluding tert-OH is 2. The molecule has 16 nitrogen and oxygen atoms in total. The Balaban J connectivity index is 1.78. The van der Waals surface area contributed by atoms with E-state index in [0.717, 1.165) is 5.57 Å². The van der Waals surface area contributed by atoms with Gasteiger partial charge in [0.2, 0.25) is 11.8 Å². The average Bonchev–Trinajstić information content (AvgIpc) is 3.60. The van der Waals surface area contributed by atoms with Crippen molar-refractivity contribution in [1.29, 1.82) is 5.41 Å². The highest BCUT2D eigenvalue weighted by Crippen LogP contribution is 2.41. The number of ether oxygens (including phenoxy) is 1. The van der Waals surface area contributed by atoms with Crippen LogP contribution in [-0.4, -0.2) is 124 Å². The second-order valence-corrected chi connectivity index (χ2v) is 12.5. The van der Waals surface area contributed by atoms with Crippen molar-refractivity contribution >= 4 is 47.6 Å². The molecule has 0 radical (unpaired) electrons. The van der Waals surface area contributed by atoms with E-state index in [4.69, 9.17) is 36.9 Å². The van der Waals surface area contributed by atoms with Crippen LogP contribution in [0.3, 0.4) is 0 Å². The van der Waals surface area contributed by atoms with Gasteiger partial charge in [-0.05, 0) is 37.5 Å². The highest BCUT2D eigenvalue weighted by molar-refractivity contribution is 7.89. The van der Waals surface area contributed by atoms with Gasteiger partial charge in [0, 0.05) is 32.8 Å². The third-order valence-corrected chi connectivity index (χ3v) is 9.40. The molecule has 8 N–H and O–H groups in total. The summed E-state index contributed by atoms with van der Waals surface area (Å²) in [6.45, 7) is 4.55. The first-order valence-electron chi connectivity index (χ1n) is 14.4. The molecular formula is C26H43ClN6O10S. The van der Waals surface area contributed by atoms with Gasteiger partial charge in [-0.25, -0.2) is 5.26 Å². The number of alkyl halides is 1. The molecule has 1 saturated heterocycles. The van der Waals surface area contributed by atoms with Crippen LogP contribution in [-0.2, 0) is 32.7 Å². The maximum Gasteiger partial charge on any atom is 0.252 e. The van der Waals surface area contributed by atoms with E-state index in [2.05, 4.69) is 20.0 Å². The monoisotopic (exact) mass is 666 g/mol. The predicted molar refractivity (Wildman–Crippen MR) is 159 cm³/mol. The van der Waals surface area contributed by atoms with Crippen LogP contribution in [0.1, 0.15) is 39.5 Å². The first kappa shape index (κ1) is 36.3. The van der Waals surface area contributed by atoms with E-state index in [1.165, 1.54) is 12.0 Å². The van der Waals surface area contributed by atoms with Crippen LogP contribution < -0.4 is 16.4 Å². The Morgan fingerprint density at radius 1 is 1.23 bits per heavy atom. The third-order valence-electron chi connectivity index (χ3n) is 8.29. The molecule has 0 spiro atoms. The summed E-state index contributed by atoms with van der Waals surface area (Å²) in [4.78, 5) is 44.1. The molecule has 2 fully saturated rings. The maximum absolute atomic E-state index is 14.3. The van der Waals surface area contributed by atoms with E-state index in [1.807, 2.05) is 6.08 Å². The molecule has 0 aromatic rings. The van der Waals surface area contributed by atoms with Gasteiger partial charge in [0.1, 0.15) is 12.1 Å². The smallest absolute Gasteiger partial charge is 0.252 e. The van der Waals surface area contributed by atoms with Gasteiger partial charge < -0.3 is 41.1 Å². The van der Waals surface area contributed by atoms with Gasteiger partial charge in [0.15, 0.2) is 24.4 Å². The Kier molecular flexibility index (Phi) is 13.9. The van der Waals surface area contributed by atoms with Gasteiger partial charge in [-0.1, -0.05) is 30.5 Å². The number of halogens is 1. The third kappa shape index (κ3) is 9.17. The minimum absolute atomic E-state index is 0.0263. The lowest BCUT2D eigenvalue weighted by atomic mass is 9.81. The lowest BCUT2D eigenvalue weighted by Gasteiger charge is -2.40. The summed E-state index contributed by atoms with van der Waals surface area (Å²) in [5.41, 5.74) is 6.58. The highest BCUT2D eigenvalue weighted by atomic mass is 35.5. The molecule has 3 rings (SSSR count). The molecular weight excluding hydrogens is 624 g/mol. The molecule has 0 bridgehead atoms. The number of fused-ring (bicyclic) bond motifs is 1. The number of hydrogen-bond donors (Lipinski definition) is 7. The summed E-state index contributed by atoms with van der Waals surface area (Å²) in [6.07, 6.45) is -0.249. The number of methoxy groups -OCH3 is 1. The van der Waals surface area contributed by atoms with Crippen molar-refractivity contribution in [3.8, 4) is 0 Å². The van der Waals surface area contributed by atoms with Crippen molar-refractivity contribution in [2.75, 3.05) is 33.4 Å². The lowest BCUT2D eigenvalue weighted by Crippen LogP contribution is -2.61. The first-order chi connectivity index (χ1) is 20.9. The van der Waals surface area contributed by atoms with E-state index >= 15 is 0 Å². The summed E-state index contributed by atoms with van der Waals surface area (Å²) in [7, 11) is 1.26. The Morgan fingerprint density at radius 3 is 2.55 bits per heavy atom. The molecule has 0 aromatic carbocycles. The number of rotatable bonds is 15. The SMILES string of the molecule is COC(COSOOO)C(=O)NC(C(=O)N1C(C(=O)NCCC2=CCN(C(=N)N)C2)CC2CC(O)C(O)CC21)C(Cl)C(C)C. The second kappa shape index (κ2) is 16.9. The summed E-state index contributed by atoms with van der Waals surface area (Å²) < 4.78 is 14.3. The number of hydrogen-bond acceptors (Lipinski definition) is 12. The van der Waals surface area contributed by atoms with Gasteiger partial charge >= 0.3 is 0 Å². The summed E-state index contributed by atoms with van der Waals surface area (Å²) in [6, 6.07) is -2.77. The van der Waals surface area contributed by atoms with Crippen LogP contribution in [0.4, 0.5) is 0 Å². The summed E-state index contributed by atoms with van der Waals surface area (Å²) >= 11 is 6.97. The highest BCUT2D eigenvalue weighted by Gasteiger charge is 2.53. The van der Waals surface area contributed by atoms with Crippen LogP contribution in [0.25, 0.3) is 0 Å². The molecule has 8 unspecified atom stereocenters. The molecule has 3 aliphatic rings. The van der Waals surface area contributed by atoms with E-state index in [-0.39, 0.29) is 56.0 Å². The standard InChI is InChI=1S/C26H43ClN6O10S/c1-13(2)21(27)22(31-24(37)20(40-3)12-41-44-43-42-39)25(38)33-16-10-19(35)18(34)9-15(16)8-17(33)23(36)30-6-4-14-5-7-32(11-14)26(28)29/h5,13,15-22,34-35,39H,4,6-12H2,1-3H3,(H3,28,29)(H,30,36)(H,31,37). The fourth-order valence-electron chi connectivity index (χ4n) is 5.88. The van der Waals surface area contributed by atoms with Crippen LogP contribution in [0, 0.1) is 17.2 Å². The molecule has 18 heteroatoms. The summed E-state index contributed by atoms with van der Waals surface area (Å²) in [5.74, 6) is -2.27. The first-order valence-corrected chi connectivity index (χ1v) is 15.5. The fourth-order valence-corrected chi connectivity index (χ4v) is 6.30. The average molecular weight is 667 g/mol. The Labute approximate surface area is 265 Å². The van der Waals surface area contributed by atoms with Crippen LogP contribution in [0.5, 0.6) is 0 Å². The Hall–Kier alpha value is -2.22. The quantitative estimate of drug-likeness (QED) is 0.0171. The lowest BCUT2D eigenvalue weighted by molar-refractivity contribution is -0.434. The van der Waals surface area contributed by atoms with Crippen LogP contribution in [0.2, 0.25) is 0 Å². The minimum Gasteiger partial charge on any atom is -0.390 e. The number of likely N-dealkylation sites (tertiary alicyclic amines) is 1. The van der Waals surface area contributed by atoms with E-state index in [1.54, 1.807) is 18.7 Å². The fraction of sp³-hybridized carbons (Fsp3) is 0.769. The molecule has 3 amide bonds. The zero-order chi connectivity index (χ0) is 32.6. The van der Waals surface area contributed by atoms with Gasteiger partial charge in [0.25, 0.3) is 5.91 Å². The second-order valence-electron chi connectivity index (χ2n) is 11.5.